The van der Waals surface area contributed by atoms with E-state index < -0.39 is 11.2 Å². The molecule has 0 saturated heterocycles. The van der Waals surface area contributed by atoms with Crippen LogP contribution in [0.2, 0.25) is 5.02 Å². The minimum atomic E-state index is -0.995. The van der Waals surface area contributed by atoms with Gasteiger partial charge >= 0.3 is 0 Å². The van der Waals surface area contributed by atoms with Crippen molar-refractivity contribution in [2.75, 3.05) is 6.54 Å². The van der Waals surface area contributed by atoms with E-state index in [0.717, 1.165) is 51.6 Å². The van der Waals surface area contributed by atoms with Crippen LogP contribution in [0.3, 0.4) is 0 Å². The van der Waals surface area contributed by atoms with Crippen LogP contribution in [0.4, 0.5) is 0 Å². The maximum Gasteiger partial charge on any atom is 0.220 e. The molecule has 22 heavy (non-hydrogen) atoms. The molecule has 112 valence electrons. The second-order valence-electron chi connectivity index (χ2n) is 5.31. The van der Waals surface area contributed by atoms with Crippen molar-refractivity contribution in [2.24, 2.45) is 0 Å². The summed E-state index contributed by atoms with van der Waals surface area (Å²) in [4.78, 5) is 1.70. The number of furan rings is 1. The molecule has 5 heteroatoms. The lowest BCUT2D eigenvalue weighted by molar-refractivity contribution is 0.500. The number of halogens is 1. The first-order chi connectivity index (χ1) is 10.7. The Bertz CT molecular complexity index is 832. The van der Waals surface area contributed by atoms with E-state index in [1.807, 2.05) is 42.5 Å². The molecule has 4 rings (SSSR count). The fourth-order valence-corrected chi connectivity index (χ4v) is 4.31. The Labute approximate surface area is 136 Å². The van der Waals surface area contributed by atoms with E-state index in [9.17, 15) is 4.55 Å². The van der Waals surface area contributed by atoms with Crippen molar-refractivity contribution in [3.05, 3.63) is 58.8 Å². The molecule has 0 saturated carbocycles. The third-order valence-corrected chi connectivity index (χ3v) is 5.61. The van der Waals surface area contributed by atoms with Crippen LogP contribution in [0.5, 0.6) is 0 Å². The zero-order valence-electron chi connectivity index (χ0n) is 11.8. The Morgan fingerprint density at radius 3 is 2.77 bits per heavy atom. The highest BCUT2D eigenvalue weighted by molar-refractivity contribution is 7.91. The lowest BCUT2D eigenvalue weighted by Gasteiger charge is -2.10. The van der Waals surface area contributed by atoms with Crippen LogP contribution in [0.15, 0.2) is 56.7 Å². The van der Waals surface area contributed by atoms with Gasteiger partial charge in [0.15, 0.2) is 15.4 Å². The molecule has 3 nitrogen and oxygen atoms in total. The van der Waals surface area contributed by atoms with Gasteiger partial charge in [-0.25, -0.2) is 0 Å². The van der Waals surface area contributed by atoms with E-state index in [1.165, 1.54) is 0 Å². The third-order valence-electron chi connectivity index (χ3n) is 3.92. The van der Waals surface area contributed by atoms with Gasteiger partial charge < -0.3 is 9.73 Å². The van der Waals surface area contributed by atoms with Crippen LogP contribution >= 0.6 is 11.6 Å². The van der Waals surface area contributed by atoms with E-state index >= 15 is 0 Å². The van der Waals surface area contributed by atoms with E-state index in [0.29, 0.717) is 5.02 Å². The largest absolute Gasteiger partial charge is 0.459 e. The number of fused-ring (bicyclic) bond motifs is 3. The first-order valence-corrected chi connectivity index (χ1v) is 8.73. The predicted molar refractivity (Wildman–Crippen MR) is 89.6 cm³/mol. The van der Waals surface area contributed by atoms with E-state index in [1.54, 1.807) is 0 Å². The van der Waals surface area contributed by atoms with Crippen LogP contribution < -0.4 is 5.32 Å². The normalized spacial score (nSPS) is 15.7. The average Bonchev–Trinajstić information content (AvgIpc) is 2.94. The first kappa shape index (κ1) is 14.2. The highest BCUT2D eigenvalue weighted by Gasteiger charge is 2.27. The minimum absolute atomic E-state index is 0.560. The molecule has 1 aromatic heterocycles. The summed E-state index contributed by atoms with van der Waals surface area (Å²) in [5, 5.41) is 4.92. The molecule has 0 bridgehead atoms. The molecule has 1 aliphatic rings. The van der Waals surface area contributed by atoms with Crippen LogP contribution in [0.1, 0.15) is 11.3 Å². The van der Waals surface area contributed by atoms with Gasteiger partial charge in [-0.1, -0.05) is 29.8 Å². The number of rotatable bonds is 2. The topological polar surface area (TPSA) is 45.4 Å². The molecule has 1 aliphatic heterocycles. The molecule has 0 amide bonds. The molecule has 2 N–H and O–H groups in total. The highest BCUT2D eigenvalue weighted by Crippen LogP contribution is 2.36. The van der Waals surface area contributed by atoms with Gasteiger partial charge in [-0.05, 0) is 12.1 Å². The van der Waals surface area contributed by atoms with Crippen molar-refractivity contribution in [1.82, 2.24) is 5.32 Å². The Morgan fingerprint density at radius 2 is 1.95 bits per heavy atom. The summed E-state index contributed by atoms with van der Waals surface area (Å²) in [6.45, 7) is 1.71. The average molecular weight is 333 g/mol. The Kier molecular flexibility index (Phi) is 3.62. The lowest BCUT2D eigenvalue weighted by Crippen LogP contribution is -2.22. The fraction of sp³-hybridized carbons (Fsp3) is 0.176. The second kappa shape index (κ2) is 5.63. The molecular weight excluding hydrogens is 318 g/mol. The number of hydrogen-bond donors (Lipinski definition) is 2. The van der Waals surface area contributed by atoms with Crippen molar-refractivity contribution in [3.63, 3.8) is 0 Å². The van der Waals surface area contributed by atoms with Gasteiger partial charge in [0.1, 0.15) is 5.76 Å². The molecule has 3 aromatic rings. The van der Waals surface area contributed by atoms with Crippen molar-refractivity contribution in [1.29, 1.82) is 0 Å². The summed E-state index contributed by atoms with van der Waals surface area (Å²) in [6.07, 6.45) is 0.874. The molecule has 2 aromatic carbocycles. The van der Waals surface area contributed by atoms with Crippen LogP contribution in [0.25, 0.3) is 11.0 Å². The van der Waals surface area contributed by atoms with E-state index in [2.05, 4.69) is 5.32 Å². The zero-order chi connectivity index (χ0) is 15.1. The van der Waals surface area contributed by atoms with E-state index in [4.69, 9.17) is 16.0 Å². The molecule has 1 atom stereocenters. The summed E-state index contributed by atoms with van der Waals surface area (Å²) in [5.41, 5.74) is 1.89. The van der Waals surface area contributed by atoms with Crippen molar-refractivity contribution >= 4 is 33.7 Å². The summed E-state index contributed by atoms with van der Waals surface area (Å²) in [7, 11) is 0. The number of nitrogens with one attached hydrogen (secondary N) is 1. The van der Waals surface area contributed by atoms with Gasteiger partial charge in [0.05, 0.1) is 5.02 Å². The summed E-state index contributed by atoms with van der Waals surface area (Å²) < 4.78 is 16.6. The summed E-state index contributed by atoms with van der Waals surface area (Å²) in [6, 6.07) is 13.5. The molecular formula is C17H15ClNO2S+. The van der Waals surface area contributed by atoms with Gasteiger partial charge in [0.2, 0.25) is 11.2 Å². The van der Waals surface area contributed by atoms with Gasteiger partial charge in [-0.3, -0.25) is 0 Å². The highest BCUT2D eigenvalue weighted by atomic mass is 35.5. The third kappa shape index (κ3) is 2.32. The first-order valence-electron chi connectivity index (χ1n) is 7.17. The fourth-order valence-electron chi connectivity index (χ4n) is 2.84. The molecule has 0 fully saturated rings. The Morgan fingerprint density at radius 1 is 1.14 bits per heavy atom. The second-order valence-corrected chi connectivity index (χ2v) is 7.23. The lowest BCUT2D eigenvalue weighted by atomic mass is 10.1. The maximum atomic E-state index is 10.6. The van der Waals surface area contributed by atoms with Gasteiger partial charge in [-0.2, -0.15) is 4.55 Å². The van der Waals surface area contributed by atoms with Crippen LogP contribution in [-0.4, -0.2) is 11.1 Å². The number of benzene rings is 2. The standard InChI is InChI=1S/C17H15ClNO2S/c18-15-9-12(22(20)11-4-2-1-3-5-11)8-13-14-10-19-7-6-16(14)21-17(13)15/h1-5,8-9,19-20H,6-7,10H2/q+1. The predicted octanol–water partition coefficient (Wildman–Crippen LogP) is 4.24. The monoisotopic (exact) mass is 332 g/mol. The van der Waals surface area contributed by atoms with E-state index in [-0.39, 0.29) is 0 Å². The van der Waals surface area contributed by atoms with Gasteiger partial charge in [0, 0.05) is 42.6 Å². The Hall–Kier alpha value is -1.46. The van der Waals surface area contributed by atoms with Crippen molar-refractivity contribution in [2.45, 2.75) is 22.8 Å². The van der Waals surface area contributed by atoms with Crippen LogP contribution in [0, 0.1) is 0 Å². The molecule has 0 spiro atoms. The quantitative estimate of drug-likeness (QED) is 0.690. The zero-order valence-corrected chi connectivity index (χ0v) is 13.4. The van der Waals surface area contributed by atoms with Crippen LogP contribution in [-0.2, 0) is 24.1 Å². The smallest absolute Gasteiger partial charge is 0.220 e. The van der Waals surface area contributed by atoms with Gasteiger partial charge in [-0.15, -0.1) is 0 Å². The summed E-state index contributed by atoms with van der Waals surface area (Å²) >= 11 is 5.40. The number of hydrogen-bond acceptors (Lipinski definition) is 3. The molecule has 2 heterocycles. The van der Waals surface area contributed by atoms with Crippen molar-refractivity contribution < 1.29 is 8.97 Å². The Balaban J connectivity index is 1.86. The molecule has 0 radical (unpaired) electrons. The summed E-state index contributed by atoms with van der Waals surface area (Å²) in [5.74, 6) is 1.00. The maximum absolute atomic E-state index is 10.6. The molecule has 0 aliphatic carbocycles. The van der Waals surface area contributed by atoms with Crippen molar-refractivity contribution in [3.8, 4) is 0 Å². The van der Waals surface area contributed by atoms with Gasteiger partial charge in [0.25, 0.3) is 0 Å². The molecule has 1 unspecified atom stereocenters. The SMILES string of the molecule is O[S+](c1ccccc1)c1cc(Cl)c2oc3c(c2c1)CNCC3. The minimum Gasteiger partial charge on any atom is -0.459 e.